The van der Waals surface area contributed by atoms with E-state index in [2.05, 4.69) is 10.3 Å². The minimum absolute atomic E-state index is 0.263. The van der Waals surface area contributed by atoms with E-state index in [-0.39, 0.29) is 10.7 Å². The van der Waals surface area contributed by atoms with Crippen LogP contribution in [-0.4, -0.2) is 30.6 Å². The normalized spacial score (nSPS) is 10.5. The maximum Gasteiger partial charge on any atom is 0.413 e. The number of H-pyrrole nitrogens is 1. The third-order valence-electron chi connectivity index (χ3n) is 3.74. The molecule has 1 heterocycles. The van der Waals surface area contributed by atoms with E-state index in [1.165, 1.54) is 4.90 Å². The average molecular weight is 371 g/mol. The van der Waals surface area contributed by atoms with Gasteiger partial charge in [0.05, 0.1) is 12.1 Å². The monoisotopic (exact) mass is 371 g/mol. The first-order valence-electron chi connectivity index (χ1n) is 7.92. The lowest BCUT2D eigenvalue weighted by Gasteiger charge is -2.16. The Hall–Kier alpha value is -3.13. The molecule has 1 aromatic heterocycles. The largest absolute Gasteiger partial charge is 0.449 e. The highest BCUT2D eigenvalue weighted by Crippen LogP contribution is 2.20. The van der Waals surface area contributed by atoms with Crippen LogP contribution in [0, 0.1) is 4.84 Å². The van der Waals surface area contributed by atoms with Crippen LogP contribution in [0.25, 0.3) is 11.1 Å². The number of aromatic amines is 1. The summed E-state index contributed by atoms with van der Waals surface area (Å²) >= 11 is 4.94. The third kappa shape index (κ3) is 3.75. The van der Waals surface area contributed by atoms with Crippen molar-refractivity contribution in [2.75, 3.05) is 23.9 Å². The number of benzene rings is 2. The van der Waals surface area contributed by atoms with Crippen LogP contribution < -0.4 is 10.2 Å². The standard InChI is InChI=1S/C18H17N3O4S/c1-3-24-18(23)21(2)13-7-5-12(6-8-13)19-16(22)11-4-9-14-15(10-11)25-17(26)20-14/h4-10H,3H2,1-2H3,(H,19,22)(H,20,26). The molecule has 0 saturated heterocycles. The van der Waals surface area contributed by atoms with E-state index < -0.39 is 6.09 Å². The molecule has 0 atom stereocenters. The highest BCUT2D eigenvalue weighted by Gasteiger charge is 2.12. The van der Waals surface area contributed by atoms with Gasteiger partial charge in [0.2, 0.25) is 0 Å². The van der Waals surface area contributed by atoms with Gasteiger partial charge in [0.25, 0.3) is 10.7 Å². The number of oxazole rings is 1. The minimum atomic E-state index is -0.436. The molecule has 0 radical (unpaired) electrons. The molecule has 0 aliphatic heterocycles. The summed E-state index contributed by atoms with van der Waals surface area (Å²) in [6, 6.07) is 11.9. The first kappa shape index (κ1) is 17.7. The summed E-state index contributed by atoms with van der Waals surface area (Å²) in [4.78, 5) is 28.7. The van der Waals surface area contributed by atoms with Gasteiger partial charge in [-0.3, -0.25) is 9.69 Å². The summed E-state index contributed by atoms with van der Waals surface area (Å²) in [5.41, 5.74) is 2.97. The van der Waals surface area contributed by atoms with Crippen LogP contribution in [0.5, 0.6) is 0 Å². The molecule has 8 heteroatoms. The molecule has 2 aromatic carbocycles. The molecule has 0 aliphatic rings. The average Bonchev–Trinajstić information content (AvgIpc) is 3.01. The lowest BCUT2D eigenvalue weighted by atomic mass is 10.2. The molecular weight excluding hydrogens is 354 g/mol. The van der Waals surface area contributed by atoms with Crippen molar-refractivity contribution in [1.29, 1.82) is 0 Å². The van der Waals surface area contributed by atoms with Gasteiger partial charge in [0, 0.05) is 24.0 Å². The minimum Gasteiger partial charge on any atom is -0.449 e. The highest BCUT2D eigenvalue weighted by molar-refractivity contribution is 7.71. The Morgan fingerprint density at radius 3 is 2.65 bits per heavy atom. The van der Waals surface area contributed by atoms with Crippen LogP contribution in [0.2, 0.25) is 0 Å². The Bertz CT molecular complexity index is 1010. The van der Waals surface area contributed by atoms with E-state index in [9.17, 15) is 9.59 Å². The molecule has 26 heavy (non-hydrogen) atoms. The van der Waals surface area contributed by atoms with Gasteiger partial charge in [0.15, 0.2) is 5.58 Å². The maximum atomic E-state index is 12.4. The first-order valence-corrected chi connectivity index (χ1v) is 8.33. The van der Waals surface area contributed by atoms with Crippen LogP contribution >= 0.6 is 12.2 Å². The highest BCUT2D eigenvalue weighted by atomic mass is 32.1. The Labute approximate surface area is 154 Å². The van der Waals surface area contributed by atoms with Gasteiger partial charge in [-0.1, -0.05) is 0 Å². The van der Waals surface area contributed by atoms with E-state index in [1.807, 2.05) is 0 Å². The van der Waals surface area contributed by atoms with Crippen molar-refractivity contribution in [3.63, 3.8) is 0 Å². The molecule has 0 unspecified atom stereocenters. The molecule has 134 valence electrons. The molecule has 0 fully saturated rings. The fraction of sp³-hybridized carbons (Fsp3) is 0.167. The first-order chi connectivity index (χ1) is 12.5. The number of amides is 2. The lowest BCUT2D eigenvalue weighted by molar-refractivity contribution is 0.102. The Morgan fingerprint density at radius 2 is 1.96 bits per heavy atom. The van der Waals surface area contributed by atoms with Gasteiger partial charge in [0.1, 0.15) is 0 Å². The van der Waals surface area contributed by atoms with E-state index >= 15 is 0 Å². The molecule has 0 spiro atoms. The Kier molecular flexibility index (Phi) is 5.04. The van der Waals surface area contributed by atoms with Gasteiger partial charge in [-0.25, -0.2) is 4.79 Å². The molecule has 0 aliphatic carbocycles. The topological polar surface area (TPSA) is 87.6 Å². The summed E-state index contributed by atoms with van der Waals surface area (Å²) < 4.78 is 10.3. The van der Waals surface area contributed by atoms with Gasteiger partial charge < -0.3 is 19.5 Å². The van der Waals surface area contributed by atoms with Gasteiger partial charge >= 0.3 is 6.09 Å². The van der Waals surface area contributed by atoms with Crippen LogP contribution in [0.4, 0.5) is 16.2 Å². The van der Waals surface area contributed by atoms with E-state index in [1.54, 1.807) is 56.4 Å². The maximum absolute atomic E-state index is 12.4. The number of carbonyl (C=O) groups is 2. The number of anilines is 2. The molecule has 3 rings (SSSR count). The summed E-state index contributed by atoms with van der Waals surface area (Å²) in [5, 5.41) is 2.80. The lowest BCUT2D eigenvalue weighted by Crippen LogP contribution is -2.26. The van der Waals surface area contributed by atoms with Crippen LogP contribution in [0.15, 0.2) is 46.9 Å². The summed E-state index contributed by atoms with van der Waals surface area (Å²) in [5.74, 6) is -0.277. The van der Waals surface area contributed by atoms with E-state index in [4.69, 9.17) is 21.4 Å². The van der Waals surface area contributed by atoms with Gasteiger partial charge in [-0.2, -0.15) is 0 Å². The quantitative estimate of drug-likeness (QED) is 0.666. The number of hydrogen-bond donors (Lipinski definition) is 2. The number of aromatic nitrogens is 1. The van der Waals surface area contributed by atoms with Crippen molar-refractivity contribution in [3.05, 3.63) is 52.9 Å². The molecule has 3 aromatic rings. The predicted octanol–water partition coefficient (Wildman–Crippen LogP) is 4.34. The van der Waals surface area contributed by atoms with Crippen molar-refractivity contribution in [2.45, 2.75) is 6.92 Å². The number of fused-ring (bicyclic) bond motifs is 1. The fourth-order valence-electron chi connectivity index (χ4n) is 2.38. The second-order valence-corrected chi connectivity index (χ2v) is 5.86. The Balaban J connectivity index is 1.72. The zero-order valence-electron chi connectivity index (χ0n) is 14.2. The smallest absolute Gasteiger partial charge is 0.413 e. The molecule has 0 saturated carbocycles. The summed E-state index contributed by atoms with van der Waals surface area (Å²) in [7, 11) is 1.62. The van der Waals surface area contributed by atoms with Crippen molar-refractivity contribution in [1.82, 2.24) is 4.98 Å². The van der Waals surface area contributed by atoms with Crippen molar-refractivity contribution >= 4 is 46.7 Å². The number of rotatable bonds is 4. The SMILES string of the molecule is CCOC(=O)N(C)c1ccc(NC(=O)c2ccc3[nH]c(=S)oc3c2)cc1. The van der Waals surface area contributed by atoms with Gasteiger partial charge in [-0.15, -0.1) is 0 Å². The molecule has 2 amide bonds. The zero-order valence-corrected chi connectivity index (χ0v) is 15.1. The van der Waals surface area contributed by atoms with Crippen LogP contribution in [0.1, 0.15) is 17.3 Å². The molecule has 0 bridgehead atoms. The second-order valence-electron chi connectivity index (χ2n) is 5.48. The Morgan fingerprint density at radius 1 is 1.23 bits per heavy atom. The number of ether oxygens (including phenoxy) is 1. The molecule has 7 nitrogen and oxygen atoms in total. The zero-order chi connectivity index (χ0) is 18.7. The van der Waals surface area contributed by atoms with Crippen molar-refractivity contribution < 1.29 is 18.7 Å². The number of nitrogens with zero attached hydrogens (tertiary/aromatic N) is 1. The van der Waals surface area contributed by atoms with Crippen LogP contribution in [-0.2, 0) is 4.74 Å². The van der Waals surface area contributed by atoms with Crippen molar-refractivity contribution in [2.24, 2.45) is 0 Å². The summed E-state index contributed by atoms with van der Waals surface area (Å²) in [6.07, 6.45) is -0.436. The number of carbonyl (C=O) groups excluding carboxylic acids is 2. The fourth-order valence-corrected chi connectivity index (χ4v) is 2.58. The second kappa shape index (κ2) is 7.40. The van der Waals surface area contributed by atoms with Gasteiger partial charge in [-0.05, 0) is 61.6 Å². The predicted molar refractivity (Wildman–Crippen MR) is 101 cm³/mol. The molecule has 2 N–H and O–H groups in total. The van der Waals surface area contributed by atoms with E-state index in [0.717, 1.165) is 5.52 Å². The van der Waals surface area contributed by atoms with Crippen molar-refractivity contribution in [3.8, 4) is 0 Å². The number of hydrogen-bond acceptors (Lipinski definition) is 5. The number of nitrogens with one attached hydrogen (secondary N) is 2. The van der Waals surface area contributed by atoms with E-state index in [0.29, 0.717) is 29.1 Å². The summed E-state index contributed by atoms with van der Waals surface area (Å²) in [6.45, 7) is 2.06. The van der Waals surface area contributed by atoms with Crippen LogP contribution in [0.3, 0.4) is 0 Å². The molecular formula is C18H17N3O4S. The third-order valence-corrected chi connectivity index (χ3v) is 3.92.